The SMILES string of the molecule is O=Cc1ccc2c(c1)CCCC2NC(=O)C1CCCCC1. The molecule has 1 amide bonds. The third-order valence-electron chi connectivity index (χ3n) is 4.91. The quantitative estimate of drug-likeness (QED) is 0.863. The fourth-order valence-corrected chi connectivity index (χ4v) is 3.71. The van der Waals surface area contributed by atoms with Crippen LogP contribution in [-0.2, 0) is 11.2 Å². The Bertz CT molecular complexity index is 532. The van der Waals surface area contributed by atoms with Gasteiger partial charge in [0, 0.05) is 11.5 Å². The second kappa shape index (κ2) is 6.42. The number of carbonyl (C=O) groups excluding carboxylic acids is 2. The normalized spacial score (nSPS) is 22.4. The van der Waals surface area contributed by atoms with E-state index in [2.05, 4.69) is 5.32 Å². The number of hydrogen-bond acceptors (Lipinski definition) is 2. The molecule has 1 unspecified atom stereocenters. The van der Waals surface area contributed by atoms with E-state index in [0.29, 0.717) is 0 Å². The lowest BCUT2D eigenvalue weighted by molar-refractivity contribution is -0.126. The lowest BCUT2D eigenvalue weighted by Gasteiger charge is -2.29. The molecule has 3 rings (SSSR count). The Kier molecular flexibility index (Phi) is 4.37. The monoisotopic (exact) mass is 285 g/mol. The Hall–Kier alpha value is -1.64. The average molecular weight is 285 g/mol. The standard InChI is InChI=1S/C18H23NO2/c20-12-13-9-10-16-15(11-13)7-4-8-17(16)19-18(21)14-5-2-1-3-6-14/h9-12,14,17H,1-8H2,(H,19,21). The first kappa shape index (κ1) is 14.3. The van der Waals surface area contributed by atoms with Crippen molar-refractivity contribution in [3.05, 3.63) is 34.9 Å². The van der Waals surface area contributed by atoms with Crippen LogP contribution in [0.2, 0.25) is 0 Å². The van der Waals surface area contributed by atoms with Crippen molar-refractivity contribution in [2.45, 2.75) is 57.4 Å². The maximum Gasteiger partial charge on any atom is 0.223 e. The maximum atomic E-state index is 12.4. The molecule has 2 aliphatic rings. The molecule has 0 aromatic heterocycles. The third-order valence-corrected chi connectivity index (χ3v) is 4.91. The Balaban J connectivity index is 1.72. The zero-order chi connectivity index (χ0) is 14.7. The Morgan fingerprint density at radius 2 is 1.90 bits per heavy atom. The van der Waals surface area contributed by atoms with Gasteiger partial charge in [-0.25, -0.2) is 0 Å². The minimum absolute atomic E-state index is 0.129. The summed E-state index contributed by atoms with van der Waals surface area (Å²) in [5.41, 5.74) is 3.16. The van der Waals surface area contributed by atoms with E-state index in [1.54, 1.807) is 0 Å². The molecule has 3 heteroatoms. The first-order valence-electron chi connectivity index (χ1n) is 8.16. The number of aldehydes is 1. The molecule has 3 nitrogen and oxygen atoms in total. The van der Waals surface area contributed by atoms with Gasteiger partial charge in [-0.05, 0) is 49.3 Å². The molecule has 112 valence electrons. The van der Waals surface area contributed by atoms with Gasteiger partial charge in [0.05, 0.1) is 6.04 Å². The number of nitrogens with one attached hydrogen (secondary N) is 1. The van der Waals surface area contributed by atoms with Gasteiger partial charge in [-0.3, -0.25) is 9.59 Å². The van der Waals surface area contributed by atoms with Crippen LogP contribution >= 0.6 is 0 Å². The van der Waals surface area contributed by atoms with E-state index in [1.165, 1.54) is 30.4 Å². The van der Waals surface area contributed by atoms with Crippen molar-refractivity contribution in [2.24, 2.45) is 5.92 Å². The Labute approximate surface area is 126 Å². The van der Waals surface area contributed by atoms with E-state index in [1.807, 2.05) is 18.2 Å². The van der Waals surface area contributed by atoms with Gasteiger partial charge in [0.1, 0.15) is 6.29 Å². The fourth-order valence-electron chi connectivity index (χ4n) is 3.71. The molecular weight excluding hydrogens is 262 g/mol. The molecule has 1 aromatic carbocycles. The van der Waals surface area contributed by atoms with Gasteiger partial charge in [-0.2, -0.15) is 0 Å². The topological polar surface area (TPSA) is 46.2 Å². The van der Waals surface area contributed by atoms with Crippen molar-refractivity contribution < 1.29 is 9.59 Å². The van der Waals surface area contributed by atoms with Gasteiger partial charge in [-0.15, -0.1) is 0 Å². The predicted octanol–water partition coefficient (Wildman–Crippen LogP) is 3.57. The molecule has 2 aliphatic carbocycles. The van der Waals surface area contributed by atoms with Crippen molar-refractivity contribution in [1.29, 1.82) is 0 Å². The van der Waals surface area contributed by atoms with Gasteiger partial charge < -0.3 is 5.32 Å². The summed E-state index contributed by atoms with van der Waals surface area (Å²) in [4.78, 5) is 23.3. The highest BCUT2D eigenvalue weighted by Gasteiger charge is 2.26. The zero-order valence-electron chi connectivity index (χ0n) is 12.4. The number of hydrogen-bond donors (Lipinski definition) is 1. The lowest BCUT2D eigenvalue weighted by atomic mass is 9.85. The summed E-state index contributed by atoms with van der Waals surface area (Å²) in [7, 11) is 0. The number of aryl methyl sites for hydroxylation is 1. The smallest absolute Gasteiger partial charge is 0.223 e. The lowest BCUT2D eigenvalue weighted by Crippen LogP contribution is -2.36. The van der Waals surface area contributed by atoms with E-state index < -0.39 is 0 Å². The number of rotatable bonds is 3. The minimum Gasteiger partial charge on any atom is -0.349 e. The van der Waals surface area contributed by atoms with E-state index >= 15 is 0 Å². The van der Waals surface area contributed by atoms with Crippen molar-refractivity contribution in [3.63, 3.8) is 0 Å². The molecule has 21 heavy (non-hydrogen) atoms. The summed E-state index contributed by atoms with van der Waals surface area (Å²) in [6, 6.07) is 5.98. The summed E-state index contributed by atoms with van der Waals surface area (Å²) < 4.78 is 0. The molecule has 0 heterocycles. The molecule has 0 saturated heterocycles. The highest BCUT2D eigenvalue weighted by atomic mass is 16.2. The van der Waals surface area contributed by atoms with Gasteiger partial charge in [0.25, 0.3) is 0 Å². The average Bonchev–Trinajstić information content (AvgIpc) is 2.55. The zero-order valence-corrected chi connectivity index (χ0v) is 12.4. The van der Waals surface area contributed by atoms with E-state index in [-0.39, 0.29) is 17.9 Å². The number of amides is 1. The molecule has 0 bridgehead atoms. The summed E-state index contributed by atoms with van der Waals surface area (Å²) in [6.45, 7) is 0. The fraction of sp³-hybridized carbons (Fsp3) is 0.556. The highest BCUT2D eigenvalue weighted by Crippen LogP contribution is 2.31. The molecule has 0 aliphatic heterocycles. The van der Waals surface area contributed by atoms with Crippen molar-refractivity contribution >= 4 is 12.2 Å². The van der Waals surface area contributed by atoms with Gasteiger partial charge in [0.15, 0.2) is 0 Å². The van der Waals surface area contributed by atoms with Crippen LogP contribution in [0.4, 0.5) is 0 Å². The molecule has 1 saturated carbocycles. The summed E-state index contributed by atoms with van der Waals surface area (Å²) in [6.07, 6.45) is 9.69. The minimum atomic E-state index is 0.129. The van der Waals surface area contributed by atoms with E-state index in [0.717, 1.165) is 44.0 Å². The maximum absolute atomic E-state index is 12.4. The highest BCUT2D eigenvalue weighted by molar-refractivity contribution is 5.79. The number of fused-ring (bicyclic) bond motifs is 1. The van der Waals surface area contributed by atoms with Crippen LogP contribution in [-0.4, -0.2) is 12.2 Å². The second-order valence-electron chi connectivity index (χ2n) is 6.36. The van der Waals surface area contributed by atoms with Crippen LogP contribution in [0.15, 0.2) is 18.2 Å². The van der Waals surface area contributed by atoms with Crippen LogP contribution in [0.1, 0.15) is 72.5 Å². The Morgan fingerprint density at radius 3 is 2.67 bits per heavy atom. The van der Waals surface area contributed by atoms with Crippen molar-refractivity contribution in [1.82, 2.24) is 5.32 Å². The first-order chi connectivity index (χ1) is 10.3. The van der Waals surface area contributed by atoms with Gasteiger partial charge in [-0.1, -0.05) is 31.4 Å². The summed E-state index contributed by atoms with van der Waals surface area (Å²) in [5, 5.41) is 3.25. The first-order valence-corrected chi connectivity index (χ1v) is 8.16. The van der Waals surface area contributed by atoms with Crippen LogP contribution in [0, 0.1) is 5.92 Å². The van der Waals surface area contributed by atoms with Crippen LogP contribution in [0.25, 0.3) is 0 Å². The van der Waals surface area contributed by atoms with Crippen molar-refractivity contribution in [3.8, 4) is 0 Å². The summed E-state index contributed by atoms with van der Waals surface area (Å²) in [5.74, 6) is 0.436. The largest absolute Gasteiger partial charge is 0.349 e. The third kappa shape index (κ3) is 3.17. The van der Waals surface area contributed by atoms with E-state index in [4.69, 9.17) is 0 Å². The molecule has 1 atom stereocenters. The molecule has 0 radical (unpaired) electrons. The van der Waals surface area contributed by atoms with Gasteiger partial charge in [0.2, 0.25) is 5.91 Å². The van der Waals surface area contributed by atoms with Crippen LogP contribution in [0.5, 0.6) is 0 Å². The summed E-state index contributed by atoms with van der Waals surface area (Å²) >= 11 is 0. The second-order valence-corrected chi connectivity index (χ2v) is 6.36. The van der Waals surface area contributed by atoms with Crippen molar-refractivity contribution in [2.75, 3.05) is 0 Å². The molecular formula is C18H23NO2. The van der Waals surface area contributed by atoms with Crippen LogP contribution in [0.3, 0.4) is 0 Å². The molecule has 0 spiro atoms. The van der Waals surface area contributed by atoms with E-state index in [9.17, 15) is 9.59 Å². The number of benzene rings is 1. The van der Waals surface area contributed by atoms with Gasteiger partial charge >= 0.3 is 0 Å². The molecule has 1 N–H and O–H groups in total. The predicted molar refractivity (Wildman–Crippen MR) is 82.2 cm³/mol. The molecule has 1 fully saturated rings. The Morgan fingerprint density at radius 1 is 1.10 bits per heavy atom. The van der Waals surface area contributed by atoms with Crippen LogP contribution < -0.4 is 5.32 Å². The molecule has 1 aromatic rings. The number of carbonyl (C=O) groups is 2.